The van der Waals surface area contributed by atoms with E-state index in [4.69, 9.17) is 4.42 Å². The average Bonchev–Trinajstić information content (AvgIpc) is 3.89. The smallest absolute Gasteiger partial charge is 0.159 e. The van der Waals surface area contributed by atoms with E-state index in [1.807, 2.05) is 28.7 Å². The molecule has 0 aliphatic heterocycles. The van der Waals surface area contributed by atoms with Crippen LogP contribution in [0.25, 0.3) is 94.6 Å². The summed E-state index contributed by atoms with van der Waals surface area (Å²) in [6.07, 6.45) is 0. The molecule has 242 valence electrons. The molecule has 0 amide bonds. The summed E-state index contributed by atoms with van der Waals surface area (Å²) in [7, 11) is 0. The predicted octanol–water partition coefficient (Wildman–Crippen LogP) is 15.3. The van der Waals surface area contributed by atoms with Crippen LogP contribution in [0.5, 0.6) is 0 Å². The fourth-order valence-electron chi connectivity index (χ4n) is 8.53. The molecule has 0 aliphatic carbocycles. The third-order valence-corrected chi connectivity index (χ3v) is 13.2. The van der Waals surface area contributed by atoms with Crippen molar-refractivity contribution in [2.45, 2.75) is 0 Å². The van der Waals surface area contributed by atoms with Crippen LogP contribution in [-0.2, 0) is 0 Å². The monoisotopic (exact) mass is 697 g/mol. The summed E-state index contributed by atoms with van der Waals surface area (Å²) in [6.45, 7) is 0. The maximum absolute atomic E-state index is 6.71. The number of benzene rings is 9. The zero-order valence-electron chi connectivity index (χ0n) is 27.8. The topological polar surface area (TPSA) is 16.4 Å². The molecule has 0 radical (unpaired) electrons. The van der Waals surface area contributed by atoms with Crippen LogP contribution in [0, 0.1) is 0 Å². The van der Waals surface area contributed by atoms with E-state index in [1.165, 1.54) is 72.7 Å². The molecule has 2 nitrogen and oxygen atoms in total. The van der Waals surface area contributed by atoms with Crippen molar-refractivity contribution < 1.29 is 4.42 Å². The highest BCUT2D eigenvalue weighted by Crippen LogP contribution is 2.49. The van der Waals surface area contributed by atoms with Crippen LogP contribution in [0.15, 0.2) is 168 Å². The second-order valence-corrected chi connectivity index (χ2v) is 15.7. The second-order valence-electron chi connectivity index (χ2n) is 13.6. The van der Waals surface area contributed by atoms with Crippen LogP contribution in [0.3, 0.4) is 0 Å². The Morgan fingerprint density at radius 3 is 1.71 bits per heavy atom. The summed E-state index contributed by atoms with van der Waals surface area (Å²) in [4.78, 5) is 2.43. The Kier molecular flexibility index (Phi) is 5.84. The lowest BCUT2D eigenvalue weighted by molar-refractivity contribution is 0.669. The number of rotatable bonds is 3. The Hall–Kier alpha value is -6.20. The van der Waals surface area contributed by atoms with Gasteiger partial charge in [0.15, 0.2) is 5.58 Å². The zero-order valence-corrected chi connectivity index (χ0v) is 29.4. The molecule has 0 unspecified atom stereocenters. The van der Waals surface area contributed by atoms with Crippen molar-refractivity contribution in [2.75, 3.05) is 4.90 Å². The van der Waals surface area contributed by atoms with Gasteiger partial charge >= 0.3 is 0 Å². The van der Waals surface area contributed by atoms with Gasteiger partial charge in [-0.3, -0.25) is 0 Å². The van der Waals surface area contributed by atoms with Crippen molar-refractivity contribution >= 4 is 134 Å². The van der Waals surface area contributed by atoms with Crippen LogP contribution < -0.4 is 4.90 Å². The minimum atomic E-state index is 0.890. The molecule has 0 atom stereocenters. The number of thiophene rings is 2. The highest BCUT2D eigenvalue weighted by molar-refractivity contribution is 7.26. The molecule has 4 heteroatoms. The number of nitrogens with zero attached hydrogens (tertiary/aromatic N) is 1. The average molecular weight is 698 g/mol. The predicted molar refractivity (Wildman–Crippen MR) is 227 cm³/mol. The van der Waals surface area contributed by atoms with E-state index in [0.717, 1.165) is 39.0 Å². The highest BCUT2D eigenvalue weighted by Gasteiger charge is 2.23. The minimum absolute atomic E-state index is 0.890. The van der Waals surface area contributed by atoms with Gasteiger partial charge in [-0.2, -0.15) is 0 Å². The van der Waals surface area contributed by atoms with E-state index in [1.54, 1.807) is 0 Å². The number of anilines is 3. The second kappa shape index (κ2) is 10.7. The largest absolute Gasteiger partial charge is 0.454 e. The molecular formula is C48H27NOS2. The SMILES string of the molecule is c1ccc2c(c1)oc1c(N(c3ccc4sc5cc6c7ccccc7c7ccccc7c6cc5c4c3)c3cccc4c3sc3ccccc34)cccc12. The van der Waals surface area contributed by atoms with E-state index >= 15 is 0 Å². The van der Waals surface area contributed by atoms with E-state index in [9.17, 15) is 0 Å². The summed E-state index contributed by atoms with van der Waals surface area (Å²) in [5.41, 5.74) is 5.07. The number of para-hydroxylation sites is 2. The van der Waals surface area contributed by atoms with Crippen molar-refractivity contribution in [1.29, 1.82) is 0 Å². The molecule has 0 fully saturated rings. The van der Waals surface area contributed by atoms with Gasteiger partial charge in [-0.1, -0.05) is 109 Å². The van der Waals surface area contributed by atoms with Gasteiger partial charge in [-0.15, -0.1) is 22.7 Å². The maximum atomic E-state index is 6.71. The quantitative estimate of drug-likeness (QED) is 0.171. The summed E-state index contributed by atoms with van der Waals surface area (Å²) < 4.78 is 11.8. The number of hydrogen-bond acceptors (Lipinski definition) is 4. The number of hydrogen-bond donors (Lipinski definition) is 0. The van der Waals surface area contributed by atoms with Crippen LogP contribution in [0.2, 0.25) is 0 Å². The van der Waals surface area contributed by atoms with E-state index in [-0.39, 0.29) is 0 Å². The third-order valence-electron chi connectivity index (χ3n) is 10.8. The zero-order chi connectivity index (χ0) is 33.9. The van der Waals surface area contributed by atoms with Gasteiger partial charge in [0.2, 0.25) is 0 Å². The summed E-state index contributed by atoms with van der Waals surface area (Å²) >= 11 is 3.74. The molecule has 0 saturated carbocycles. The molecule has 9 aromatic carbocycles. The first-order valence-electron chi connectivity index (χ1n) is 17.6. The minimum Gasteiger partial charge on any atom is -0.454 e. The molecule has 3 heterocycles. The normalized spacial score (nSPS) is 12.2. The lowest BCUT2D eigenvalue weighted by Gasteiger charge is -2.26. The van der Waals surface area contributed by atoms with Crippen LogP contribution in [-0.4, -0.2) is 0 Å². The molecular weight excluding hydrogens is 671 g/mol. The van der Waals surface area contributed by atoms with Crippen molar-refractivity contribution in [1.82, 2.24) is 0 Å². The standard InChI is InChI=1S/C48H27NOS2/c1-3-13-31-29(11-1)30-12-2-4-14-32(30)38-27-46-40(26-37(31)38)39-25-28(23-24-45(39)51-46)49(41-19-9-17-35-33-15-5-7-21-43(33)50-47(35)41)42-20-10-18-36-34-16-6-8-22-44(34)52-48(36)42/h1-27H. The fourth-order valence-corrected chi connectivity index (χ4v) is 10.8. The van der Waals surface area contributed by atoms with Gasteiger partial charge in [-0.05, 0) is 86.9 Å². The van der Waals surface area contributed by atoms with Gasteiger partial charge < -0.3 is 9.32 Å². The maximum Gasteiger partial charge on any atom is 0.159 e. The molecule has 0 aliphatic rings. The first-order chi connectivity index (χ1) is 25.8. The third kappa shape index (κ3) is 3.93. The van der Waals surface area contributed by atoms with Gasteiger partial charge in [0.1, 0.15) is 5.58 Å². The number of furan rings is 1. The summed E-state index contributed by atoms with van der Waals surface area (Å²) in [6, 6.07) is 59.9. The first kappa shape index (κ1) is 28.5. The highest BCUT2D eigenvalue weighted by atomic mass is 32.1. The van der Waals surface area contributed by atoms with Crippen LogP contribution >= 0.6 is 22.7 Å². The Morgan fingerprint density at radius 2 is 0.923 bits per heavy atom. The molecule has 12 aromatic rings. The Bertz CT molecular complexity index is 3320. The summed E-state index contributed by atoms with van der Waals surface area (Å²) in [5, 5.41) is 15.2. The van der Waals surface area contributed by atoms with Gasteiger partial charge in [0.05, 0.1) is 16.1 Å². The Morgan fingerprint density at radius 1 is 0.346 bits per heavy atom. The van der Waals surface area contributed by atoms with E-state index in [2.05, 4.69) is 163 Å². The van der Waals surface area contributed by atoms with Crippen molar-refractivity contribution in [3.8, 4) is 0 Å². The van der Waals surface area contributed by atoms with E-state index in [0.29, 0.717) is 0 Å². The Balaban J connectivity index is 1.17. The first-order valence-corrected chi connectivity index (χ1v) is 19.2. The summed E-state index contributed by atoms with van der Waals surface area (Å²) in [5.74, 6) is 0. The van der Waals surface area contributed by atoms with Crippen molar-refractivity contribution in [3.63, 3.8) is 0 Å². The van der Waals surface area contributed by atoms with E-state index < -0.39 is 0 Å². The number of fused-ring (bicyclic) bond motifs is 15. The Labute approximate surface area is 306 Å². The van der Waals surface area contributed by atoms with Crippen LogP contribution in [0.1, 0.15) is 0 Å². The molecule has 0 saturated heterocycles. The van der Waals surface area contributed by atoms with Gasteiger partial charge in [-0.25, -0.2) is 0 Å². The lowest BCUT2D eigenvalue weighted by Crippen LogP contribution is -2.10. The lowest BCUT2D eigenvalue weighted by atomic mass is 9.93. The fraction of sp³-hybridized carbons (Fsp3) is 0. The van der Waals surface area contributed by atoms with Gasteiger partial charge in [0, 0.05) is 52.1 Å². The molecule has 0 N–H and O–H groups in total. The molecule has 3 aromatic heterocycles. The molecule has 52 heavy (non-hydrogen) atoms. The van der Waals surface area contributed by atoms with Gasteiger partial charge in [0.25, 0.3) is 0 Å². The molecule has 0 bridgehead atoms. The molecule has 12 rings (SSSR count). The van der Waals surface area contributed by atoms with Crippen LogP contribution in [0.4, 0.5) is 17.1 Å². The van der Waals surface area contributed by atoms with Crippen molar-refractivity contribution in [3.05, 3.63) is 164 Å². The molecule has 0 spiro atoms. The van der Waals surface area contributed by atoms with Crippen molar-refractivity contribution in [2.24, 2.45) is 0 Å².